The number of aromatic nitrogens is 2. The molecule has 2 atom stereocenters. The standard InChI is InChI=1S/C20H25N5O2.2C2H6/c1-12-5-4-6-13(2)25(12)20-23-16-11-21-19(26)17(16)18(24-20)22-14-7-9-15(27-3)10-8-14;2*1-2/h7-10,12-13H,4-6,11H2,1-3H3,(H,21,26)(H,22,23,24);2*1-2H3. The quantitative estimate of drug-likeness (QED) is 0.690. The van der Waals surface area contributed by atoms with Crippen LogP contribution < -0.4 is 20.3 Å². The second kappa shape index (κ2) is 11.5. The number of amides is 1. The third-order valence-corrected chi connectivity index (χ3v) is 5.39. The molecule has 1 aromatic heterocycles. The van der Waals surface area contributed by atoms with E-state index in [0.29, 0.717) is 36.0 Å². The van der Waals surface area contributed by atoms with Gasteiger partial charge in [-0.3, -0.25) is 4.79 Å². The number of hydrogen-bond acceptors (Lipinski definition) is 6. The Labute approximate surface area is 186 Å². The van der Waals surface area contributed by atoms with Gasteiger partial charge in [-0.1, -0.05) is 27.7 Å². The highest BCUT2D eigenvalue weighted by atomic mass is 16.5. The number of carbonyl (C=O) groups is 1. The van der Waals surface area contributed by atoms with E-state index < -0.39 is 0 Å². The molecule has 0 radical (unpaired) electrons. The van der Waals surface area contributed by atoms with Gasteiger partial charge in [0.2, 0.25) is 5.95 Å². The number of fused-ring (bicyclic) bond motifs is 1. The fraction of sp³-hybridized carbons (Fsp3) is 0.542. The molecule has 4 rings (SSSR count). The zero-order valence-electron chi connectivity index (χ0n) is 20.0. The molecule has 1 fully saturated rings. The molecule has 31 heavy (non-hydrogen) atoms. The van der Waals surface area contributed by atoms with Crippen molar-refractivity contribution in [2.45, 2.75) is 79.4 Å². The zero-order chi connectivity index (χ0) is 23.0. The van der Waals surface area contributed by atoms with Gasteiger partial charge in [-0.15, -0.1) is 0 Å². The lowest BCUT2D eigenvalue weighted by molar-refractivity contribution is 0.0966. The summed E-state index contributed by atoms with van der Waals surface area (Å²) in [4.78, 5) is 24.1. The number of hydrogen-bond donors (Lipinski definition) is 2. The largest absolute Gasteiger partial charge is 0.497 e. The van der Waals surface area contributed by atoms with E-state index >= 15 is 0 Å². The predicted molar refractivity (Wildman–Crippen MR) is 127 cm³/mol. The summed E-state index contributed by atoms with van der Waals surface area (Å²) < 4.78 is 5.21. The summed E-state index contributed by atoms with van der Waals surface area (Å²) in [6.07, 6.45) is 3.48. The molecular formula is C24H37N5O2. The fourth-order valence-corrected chi connectivity index (χ4v) is 3.95. The van der Waals surface area contributed by atoms with E-state index in [1.807, 2.05) is 52.0 Å². The van der Waals surface area contributed by atoms with Crippen molar-refractivity contribution in [3.63, 3.8) is 0 Å². The number of methoxy groups -OCH3 is 1. The summed E-state index contributed by atoms with van der Waals surface area (Å²) in [5.74, 6) is 1.90. The number of piperidine rings is 1. The van der Waals surface area contributed by atoms with Crippen LogP contribution >= 0.6 is 0 Å². The highest BCUT2D eigenvalue weighted by molar-refractivity contribution is 6.02. The van der Waals surface area contributed by atoms with Crippen LogP contribution in [0.4, 0.5) is 17.5 Å². The summed E-state index contributed by atoms with van der Waals surface area (Å²) in [5, 5.41) is 6.16. The van der Waals surface area contributed by atoms with Gasteiger partial charge in [-0.25, -0.2) is 4.98 Å². The molecular weight excluding hydrogens is 390 g/mol. The van der Waals surface area contributed by atoms with Gasteiger partial charge in [0.1, 0.15) is 17.1 Å². The van der Waals surface area contributed by atoms with Gasteiger partial charge >= 0.3 is 0 Å². The van der Waals surface area contributed by atoms with Crippen LogP contribution in [0.5, 0.6) is 5.75 Å². The van der Waals surface area contributed by atoms with Gasteiger partial charge in [-0.05, 0) is 57.4 Å². The average molecular weight is 428 g/mol. The van der Waals surface area contributed by atoms with Crippen molar-refractivity contribution in [3.05, 3.63) is 35.5 Å². The Morgan fingerprint density at radius 1 is 1.03 bits per heavy atom. The van der Waals surface area contributed by atoms with Crippen LogP contribution in [0.15, 0.2) is 24.3 Å². The molecule has 1 saturated heterocycles. The van der Waals surface area contributed by atoms with Crippen molar-refractivity contribution in [1.82, 2.24) is 15.3 Å². The Balaban J connectivity index is 0.000000807. The maximum absolute atomic E-state index is 12.3. The minimum absolute atomic E-state index is 0.132. The molecule has 2 aliphatic heterocycles. The molecule has 2 aromatic rings. The summed E-state index contributed by atoms with van der Waals surface area (Å²) in [5.41, 5.74) is 2.14. The smallest absolute Gasteiger partial charge is 0.257 e. The first kappa shape index (κ1) is 24.4. The normalized spacial score (nSPS) is 19.2. The van der Waals surface area contributed by atoms with Crippen molar-refractivity contribution in [2.75, 3.05) is 17.3 Å². The van der Waals surface area contributed by atoms with Gasteiger partial charge in [0, 0.05) is 17.8 Å². The SMILES string of the molecule is CC.CC.COc1ccc(Nc2nc(N3C(C)CCCC3C)nc3c2C(=O)NC3)cc1. The predicted octanol–water partition coefficient (Wildman–Crippen LogP) is 5.29. The second-order valence-electron chi connectivity index (χ2n) is 7.27. The van der Waals surface area contributed by atoms with Crippen LogP contribution in [0.1, 0.15) is 76.9 Å². The molecule has 0 saturated carbocycles. The van der Waals surface area contributed by atoms with Gasteiger partial charge in [-0.2, -0.15) is 4.98 Å². The molecule has 170 valence electrons. The fourth-order valence-electron chi connectivity index (χ4n) is 3.95. The molecule has 2 unspecified atom stereocenters. The number of nitrogens with zero attached hydrogens (tertiary/aromatic N) is 3. The first-order valence-electron chi connectivity index (χ1n) is 11.5. The van der Waals surface area contributed by atoms with Gasteiger partial charge in [0.25, 0.3) is 5.91 Å². The molecule has 1 aromatic carbocycles. The number of rotatable bonds is 4. The topological polar surface area (TPSA) is 79.4 Å². The minimum atomic E-state index is -0.132. The third-order valence-electron chi connectivity index (χ3n) is 5.39. The molecule has 7 heteroatoms. The van der Waals surface area contributed by atoms with Crippen LogP contribution in [0.2, 0.25) is 0 Å². The molecule has 0 aliphatic carbocycles. The zero-order valence-corrected chi connectivity index (χ0v) is 20.0. The monoisotopic (exact) mass is 427 g/mol. The van der Waals surface area contributed by atoms with Gasteiger partial charge < -0.3 is 20.3 Å². The van der Waals surface area contributed by atoms with E-state index in [0.717, 1.165) is 30.0 Å². The molecule has 2 N–H and O–H groups in total. The van der Waals surface area contributed by atoms with E-state index in [9.17, 15) is 4.79 Å². The van der Waals surface area contributed by atoms with E-state index in [-0.39, 0.29) is 5.91 Å². The Bertz CT molecular complexity index is 844. The molecule has 7 nitrogen and oxygen atoms in total. The summed E-state index contributed by atoms with van der Waals surface area (Å²) in [6, 6.07) is 8.33. The number of nitrogens with one attached hydrogen (secondary N) is 2. The lowest BCUT2D eigenvalue weighted by Crippen LogP contribution is -2.45. The second-order valence-corrected chi connectivity index (χ2v) is 7.27. The van der Waals surface area contributed by atoms with Crippen LogP contribution in [-0.4, -0.2) is 35.1 Å². The van der Waals surface area contributed by atoms with Crippen molar-refractivity contribution in [3.8, 4) is 5.75 Å². The highest BCUT2D eigenvalue weighted by Gasteiger charge is 2.32. The Morgan fingerprint density at radius 3 is 2.23 bits per heavy atom. The molecule has 1 amide bonds. The summed E-state index contributed by atoms with van der Waals surface area (Å²) in [7, 11) is 1.64. The van der Waals surface area contributed by atoms with Gasteiger partial charge in [0.05, 0.1) is 19.3 Å². The molecule has 2 aliphatic rings. The van der Waals surface area contributed by atoms with Crippen molar-refractivity contribution >= 4 is 23.4 Å². The van der Waals surface area contributed by atoms with Crippen molar-refractivity contribution in [1.29, 1.82) is 0 Å². The van der Waals surface area contributed by atoms with Gasteiger partial charge in [0.15, 0.2) is 0 Å². The lowest BCUT2D eigenvalue weighted by Gasteiger charge is -2.39. The van der Waals surface area contributed by atoms with Crippen LogP contribution in [-0.2, 0) is 6.54 Å². The number of anilines is 3. The van der Waals surface area contributed by atoms with Crippen molar-refractivity contribution in [2.24, 2.45) is 0 Å². The van der Waals surface area contributed by atoms with E-state index in [1.54, 1.807) is 7.11 Å². The first-order valence-corrected chi connectivity index (χ1v) is 11.5. The van der Waals surface area contributed by atoms with E-state index in [2.05, 4.69) is 29.4 Å². The maximum atomic E-state index is 12.3. The van der Waals surface area contributed by atoms with Crippen LogP contribution in [0.25, 0.3) is 0 Å². The summed E-state index contributed by atoms with van der Waals surface area (Å²) in [6.45, 7) is 12.9. The maximum Gasteiger partial charge on any atom is 0.257 e. The summed E-state index contributed by atoms with van der Waals surface area (Å²) >= 11 is 0. The van der Waals surface area contributed by atoms with E-state index in [1.165, 1.54) is 6.42 Å². The third kappa shape index (κ3) is 5.46. The Morgan fingerprint density at radius 2 is 1.65 bits per heavy atom. The minimum Gasteiger partial charge on any atom is -0.497 e. The highest BCUT2D eigenvalue weighted by Crippen LogP contribution is 2.32. The van der Waals surface area contributed by atoms with E-state index in [4.69, 9.17) is 14.7 Å². The lowest BCUT2D eigenvalue weighted by atomic mass is 9.98. The Kier molecular flexibility index (Phi) is 9.09. The molecule has 0 bridgehead atoms. The van der Waals surface area contributed by atoms with Crippen LogP contribution in [0, 0.1) is 0 Å². The van der Waals surface area contributed by atoms with Crippen molar-refractivity contribution < 1.29 is 9.53 Å². The Hall–Kier alpha value is -2.83. The average Bonchev–Trinajstić information content (AvgIpc) is 3.18. The number of ether oxygens (including phenoxy) is 1. The van der Waals surface area contributed by atoms with Crippen LogP contribution in [0.3, 0.4) is 0 Å². The molecule has 0 spiro atoms. The number of benzene rings is 1. The molecule has 3 heterocycles. The first-order chi connectivity index (χ1) is 15.1. The number of carbonyl (C=O) groups excluding carboxylic acids is 1.